The molecule has 0 bridgehead atoms. The Kier molecular flexibility index (Phi) is 5.05. The number of ether oxygens (including phenoxy) is 2. The van der Waals surface area contributed by atoms with Crippen molar-refractivity contribution in [2.45, 2.75) is 40.0 Å². The summed E-state index contributed by atoms with van der Waals surface area (Å²) in [5.41, 5.74) is -0.782. The zero-order valence-electron chi connectivity index (χ0n) is 18.0. The fraction of sp³-hybridized carbons (Fsp3) is 0.421. The predicted molar refractivity (Wildman–Crippen MR) is 97.4 cm³/mol. The maximum Gasteiger partial charge on any atom is 0.349 e. The molecule has 0 saturated carbocycles. The summed E-state index contributed by atoms with van der Waals surface area (Å²) in [7, 11) is -2.74. The number of para-hydroxylation sites is 1. The number of benzene rings is 1. The van der Waals surface area contributed by atoms with Gasteiger partial charge in [0.05, 0.1) is 23.4 Å². The minimum Gasteiger partial charge on any atom is -0.495 e. The highest BCUT2D eigenvalue weighted by molar-refractivity contribution is 5.91. The summed E-state index contributed by atoms with van der Waals surface area (Å²) in [6.45, 7) is 5.21. The van der Waals surface area contributed by atoms with Crippen molar-refractivity contribution in [1.29, 1.82) is 0 Å². The van der Waals surface area contributed by atoms with Crippen LogP contribution in [0.1, 0.15) is 52.5 Å². The minimum atomic E-state index is -2.74. The van der Waals surface area contributed by atoms with Crippen molar-refractivity contribution in [3.8, 4) is 17.3 Å². The van der Waals surface area contributed by atoms with Gasteiger partial charge in [-0.25, -0.2) is 4.79 Å². The number of methoxy groups -OCH3 is 1. The van der Waals surface area contributed by atoms with Gasteiger partial charge in [-0.05, 0) is 31.9 Å². The van der Waals surface area contributed by atoms with Gasteiger partial charge in [-0.15, -0.1) is 0 Å². The fourth-order valence-corrected chi connectivity index (χ4v) is 2.67. The maximum atomic E-state index is 12.4. The lowest BCUT2D eigenvalue weighted by Crippen LogP contribution is -2.26. The number of aryl methyl sites for hydroxylation is 2. The number of aromatic hydroxyl groups is 1. The van der Waals surface area contributed by atoms with E-state index < -0.39 is 30.0 Å². The van der Waals surface area contributed by atoms with Crippen molar-refractivity contribution in [1.82, 2.24) is 9.55 Å². The molecule has 1 aromatic carbocycles. The molecule has 26 heavy (non-hydrogen) atoms. The molecule has 0 radical (unpaired) electrons. The molecule has 7 heteroatoms. The van der Waals surface area contributed by atoms with E-state index in [0.717, 1.165) is 6.42 Å². The van der Waals surface area contributed by atoms with E-state index in [-0.39, 0.29) is 23.9 Å². The third-order valence-corrected chi connectivity index (χ3v) is 3.91. The molecule has 0 aliphatic carbocycles. The molecular formula is C19H24N2O5. The number of esters is 1. The lowest BCUT2D eigenvalue weighted by Gasteiger charge is -2.20. The summed E-state index contributed by atoms with van der Waals surface area (Å²) in [6, 6.07) is 4.72. The van der Waals surface area contributed by atoms with Crippen LogP contribution in [0.25, 0.3) is 5.69 Å². The summed E-state index contributed by atoms with van der Waals surface area (Å²) in [5.74, 6) is -1.53. The first-order valence-corrected chi connectivity index (χ1v) is 8.41. The maximum absolute atomic E-state index is 12.4. The van der Waals surface area contributed by atoms with E-state index >= 15 is 0 Å². The molecule has 0 atom stereocenters. The molecule has 0 spiro atoms. The van der Waals surface area contributed by atoms with Gasteiger partial charge in [0.15, 0.2) is 5.56 Å². The number of hydrogen-bond donors (Lipinski definition) is 1. The highest BCUT2D eigenvalue weighted by Crippen LogP contribution is 2.32. The Morgan fingerprint density at radius 3 is 2.81 bits per heavy atom. The molecule has 0 aliphatic rings. The predicted octanol–water partition coefficient (Wildman–Crippen LogP) is 2.77. The van der Waals surface area contributed by atoms with Gasteiger partial charge in [0.1, 0.15) is 11.6 Å². The van der Waals surface area contributed by atoms with E-state index in [1.807, 2.05) is 6.92 Å². The van der Waals surface area contributed by atoms with Crippen LogP contribution in [0.3, 0.4) is 0 Å². The summed E-state index contributed by atoms with van der Waals surface area (Å²) in [6.07, 6.45) is 1.78. The zero-order valence-corrected chi connectivity index (χ0v) is 15.0. The number of nitrogens with zero attached hydrogens (tertiary/aromatic N) is 2. The Balaban J connectivity index is 2.84. The first kappa shape index (κ1) is 15.4. The van der Waals surface area contributed by atoms with Crippen molar-refractivity contribution in [3.63, 3.8) is 0 Å². The second-order valence-electron chi connectivity index (χ2n) is 5.71. The van der Waals surface area contributed by atoms with E-state index in [9.17, 15) is 14.7 Å². The summed E-state index contributed by atoms with van der Waals surface area (Å²) in [5, 5.41) is 10.9. The van der Waals surface area contributed by atoms with Crippen LogP contribution in [0, 0.1) is 6.92 Å². The molecule has 0 unspecified atom stereocenters. The monoisotopic (exact) mass is 363 g/mol. The van der Waals surface area contributed by atoms with E-state index in [4.69, 9.17) is 13.6 Å². The van der Waals surface area contributed by atoms with Crippen LogP contribution < -0.4 is 10.3 Å². The van der Waals surface area contributed by atoms with Crippen molar-refractivity contribution in [2.75, 3.05) is 13.6 Å². The second kappa shape index (κ2) is 8.51. The third-order valence-electron chi connectivity index (χ3n) is 3.91. The van der Waals surface area contributed by atoms with Gasteiger partial charge in [-0.3, -0.25) is 9.36 Å². The van der Waals surface area contributed by atoms with Gasteiger partial charge < -0.3 is 14.6 Å². The Labute approximate surface area is 156 Å². The zero-order chi connectivity index (χ0) is 21.8. The number of carbonyl (C=O) groups excluding carboxylic acids is 1. The van der Waals surface area contributed by atoms with Crippen LogP contribution >= 0.6 is 0 Å². The molecule has 7 nitrogen and oxygen atoms in total. The molecule has 2 rings (SSSR count). The van der Waals surface area contributed by atoms with Crippen LogP contribution in [-0.2, 0) is 11.2 Å². The van der Waals surface area contributed by atoms with Crippen LogP contribution in [0.4, 0.5) is 0 Å². The lowest BCUT2D eigenvalue weighted by molar-refractivity contribution is 0.0519. The molecule has 0 aliphatic heterocycles. The van der Waals surface area contributed by atoms with Crippen LogP contribution in [0.15, 0.2) is 23.0 Å². The number of rotatable bonds is 7. The average Bonchev–Trinajstić information content (AvgIpc) is 2.60. The number of carbonyl (C=O) groups is 1. The standard InChI is InChI=1S/C19H24N2O5/c1-5-7-11-14-20-17(22)15(19(24)26-6-2)18(23)21(14)16-12(3)9-8-10-13(16)25-4/h8-10,23H,5-7,11H2,1-4H3/i4D3. The first-order chi connectivity index (χ1) is 13.6. The molecule has 2 aromatic rings. The van der Waals surface area contributed by atoms with Gasteiger partial charge in [-0.1, -0.05) is 25.5 Å². The Hall–Kier alpha value is -2.83. The van der Waals surface area contributed by atoms with E-state index in [1.165, 1.54) is 10.6 Å². The summed E-state index contributed by atoms with van der Waals surface area (Å²) < 4.78 is 33.4. The largest absolute Gasteiger partial charge is 0.495 e. The highest BCUT2D eigenvalue weighted by Gasteiger charge is 2.26. The molecule has 140 valence electrons. The van der Waals surface area contributed by atoms with Crippen molar-refractivity contribution < 1.29 is 23.5 Å². The first-order valence-electron chi connectivity index (χ1n) is 9.91. The number of aromatic nitrogens is 2. The molecule has 1 heterocycles. The normalized spacial score (nSPS) is 12.8. The number of unbranched alkanes of at least 4 members (excludes halogenated alkanes) is 1. The van der Waals surface area contributed by atoms with Crippen LogP contribution in [-0.4, -0.2) is 34.3 Å². The smallest absolute Gasteiger partial charge is 0.349 e. The van der Waals surface area contributed by atoms with Crippen molar-refractivity contribution >= 4 is 5.97 Å². The minimum absolute atomic E-state index is 0.00702. The fourth-order valence-electron chi connectivity index (χ4n) is 2.67. The summed E-state index contributed by atoms with van der Waals surface area (Å²) >= 11 is 0. The van der Waals surface area contributed by atoms with Crippen LogP contribution in [0.5, 0.6) is 11.6 Å². The van der Waals surface area contributed by atoms with E-state index in [0.29, 0.717) is 18.4 Å². The van der Waals surface area contributed by atoms with Crippen molar-refractivity contribution in [3.05, 3.63) is 45.5 Å². The summed E-state index contributed by atoms with van der Waals surface area (Å²) in [4.78, 5) is 28.6. The van der Waals surface area contributed by atoms with E-state index in [2.05, 4.69) is 4.98 Å². The average molecular weight is 363 g/mol. The molecule has 1 aromatic heterocycles. The molecule has 0 fully saturated rings. The van der Waals surface area contributed by atoms with Gasteiger partial charge in [-0.2, -0.15) is 4.98 Å². The van der Waals surface area contributed by atoms with Gasteiger partial charge in [0.2, 0.25) is 5.88 Å². The van der Waals surface area contributed by atoms with Crippen molar-refractivity contribution in [2.24, 2.45) is 0 Å². The Morgan fingerprint density at radius 2 is 2.15 bits per heavy atom. The highest BCUT2D eigenvalue weighted by atomic mass is 16.5. The van der Waals surface area contributed by atoms with Gasteiger partial charge >= 0.3 is 5.97 Å². The van der Waals surface area contributed by atoms with Gasteiger partial charge in [0.25, 0.3) is 5.56 Å². The Bertz CT molecular complexity index is 954. The quantitative estimate of drug-likeness (QED) is 0.761. The SMILES string of the molecule is [2H]C([2H])([2H])Oc1cccc(C)c1-n1c(CCCC)nc(=O)c(C(=O)OCC)c1O. The molecule has 0 amide bonds. The van der Waals surface area contributed by atoms with E-state index in [1.54, 1.807) is 26.0 Å². The van der Waals surface area contributed by atoms with Gasteiger partial charge in [0, 0.05) is 6.42 Å². The lowest BCUT2D eigenvalue weighted by atomic mass is 10.1. The Morgan fingerprint density at radius 1 is 1.38 bits per heavy atom. The van der Waals surface area contributed by atoms with Crippen LogP contribution in [0.2, 0.25) is 0 Å². The number of hydrogen-bond acceptors (Lipinski definition) is 6. The third kappa shape index (κ3) is 3.71. The second-order valence-corrected chi connectivity index (χ2v) is 5.71. The molecular weight excluding hydrogens is 336 g/mol. The molecule has 1 N–H and O–H groups in total. The molecule has 0 saturated heterocycles. The topological polar surface area (TPSA) is 90.7 Å².